The van der Waals surface area contributed by atoms with E-state index in [1.807, 2.05) is 12.3 Å². The van der Waals surface area contributed by atoms with Gasteiger partial charge in [-0.15, -0.1) is 0 Å². The van der Waals surface area contributed by atoms with Gasteiger partial charge in [-0.2, -0.15) is 11.3 Å². The molecular formula is C29H29N3S. The molecule has 4 aromatic rings. The molecule has 0 atom stereocenters. The van der Waals surface area contributed by atoms with Crippen LogP contribution in [0.25, 0.3) is 11.1 Å². The zero-order chi connectivity index (χ0) is 22.3. The van der Waals surface area contributed by atoms with E-state index in [0.29, 0.717) is 0 Å². The highest BCUT2D eigenvalue weighted by atomic mass is 32.1. The van der Waals surface area contributed by atoms with Gasteiger partial charge in [0.25, 0.3) is 0 Å². The Morgan fingerprint density at radius 3 is 2.48 bits per heavy atom. The van der Waals surface area contributed by atoms with Gasteiger partial charge in [-0.25, -0.2) is 0 Å². The fourth-order valence-electron chi connectivity index (χ4n) is 5.59. The number of hydrogen-bond donors (Lipinski definition) is 0. The van der Waals surface area contributed by atoms with Crippen molar-refractivity contribution < 1.29 is 0 Å². The maximum absolute atomic E-state index is 4.63. The summed E-state index contributed by atoms with van der Waals surface area (Å²) in [7, 11) is 0. The zero-order valence-corrected chi connectivity index (χ0v) is 19.9. The second kappa shape index (κ2) is 8.44. The normalized spacial score (nSPS) is 17.4. The molecule has 4 heteroatoms. The van der Waals surface area contributed by atoms with Gasteiger partial charge < -0.3 is 4.90 Å². The van der Waals surface area contributed by atoms with Crippen LogP contribution in [0.5, 0.6) is 0 Å². The minimum atomic E-state index is 0.234. The molecule has 6 rings (SSSR count). The number of fused-ring (bicyclic) bond motifs is 2. The maximum Gasteiger partial charge on any atom is 0.0573 e. The van der Waals surface area contributed by atoms with Crippen LogP contribution < -0.4 is 4.90 Å². The average Bonchev–Trinajstić information content (AvgIpc) is 3.50. The van der Waals surface area contributed by atoms with Crippen molar-refractivity contribution in [3.8, 4) is 11.1 Å². The van der Waals surface area contributed by atoms with Crippen LogP contribution in [0.15, 0.2) is 83.7 Å². The van der Waals surface area contributed by atoms with Crippen molar-refractivity contribution in [3.63, 3.8) is 0 Å². The fourth-order valence-corrected chi connectivity index (χ4v) is 6.25. The fraction of sp³-hybridized carbons (Fsp3) is 0.276. The van der Waals surface area contributed by atoms with Crippen LogP contribution in [0, 0.1) is 6.92 Å². The summed E-state index contributed by atoms with van der Waals surface area (Å²) in [6, 6.07) is 24.6. The van der Waals surface area contributed by atoms with E-state index in [1.54, 1.807) is 11.3 Å². The molecule has 2 aromatic heterocycles. The first kappa shape index (κ1) is 20.6. The van der Waals surface area contributed by atoms with Gasteiger partial charge in [-0.1, -0.05) is 36.4 Å². The quantitative estimate of drug-likeness (QED) is 0.340. The van der Waals surface area contributed by atoms with E-state index in [0.717, 1.165) is 26.2 Å². The number of thiophene rings is 1. The van der Waals surface area contributed by atoms with Crippen LogP contribution in [0.4, 0.5) is 11.4 Å². The topological polar surface area (TPSA) is 19.4 Å². The van der Waals surface area contributed by atoms with Gasteiger partial charge in [-0.3, -0.25) is 9.88 Å². The number of pyridine rings is 1. The van der Waals surface area contributed by atoms with Crippen LogP contribution in [0.1, 0.15) is 29.7 Å². The molecule has 2 aromatic carbocycles. The number of aryl methyl sites for hydroxylation is 1. The monoisotopic (exact) mass is 451 g/mol. The summed E-state index contributed by atoms with van der Waals surface area (Å²) in [4.78, 5) is 9.76. The molecule has 0 amide bonds. The average molecular weight is 452 g/mol. The van der Waals surface area contributed by atoms with E-state index in [9.17, 15) is 0 Å². The Labute approximate surface area is 200 Å². The lowest BCUT2D eigenvalue weighted by Crippen LogP contribution is -2.44. The van der Waals surface area contributed by atoms with Crippen molar-refractivity contribution >= 4 is 22.7 Å². The Morgan fingerprint density at radius 1 is 0.909 bits per heavy atom. The molecule has 0 saturated carbocycles. The molecule has 0 radical (unpaired) electrons. The van der Waals surface area contributed by atoms with Crippen LogP contribution in [-0.4, -0.2) is 29.5 Å². The number of nitrogens with zero attached hydrogens (tertiary/aromatic N) is 3. The van der Waals surface area contributed by atoms with Crippen molar-refractivity contribution in [2.75, 3.05) is 24.5 Å². The molecule has 1 spiro atoms. The van der Waals surface area contributed by atoms with Gasteiger partial charge in [0.1, 0.15) is 0 Å². The third-order valence-electron chi connectivity index (χ3n) is 7.56. The number of hydrogen-bond acceptors (Lipinski definition) is 4. The van der Waals surface area contributed by atoms with Crippen LogP contribution in [0.2, 0.25) is 0 Å². The number of piperidine rings is 1. The smallest absolute Gasteiger partial charge is 0.0573 e. The number of para-hydroxylation sites is 1. The lowest BCUT2D eigenvalue weighted by atomic mass is 9.74. The van der Waals surface area contributed by atoms with E-state index >= 15 is 0 Å². The minimum Gasteiger partial charge on any atom is -0.340 e. The third kappa shape index (κ3) is 3.77. The van der Waals surface area contributed by atoms with E-state index < -0.39 is 0 Å². The van der Waals surface area contributed by atoms with Gasteiger partial charge in [0.05, 0.1) is 5.69 Å². The Morgan fingerprint density at radius 2 is 1.73 bits per heavy atom. The number of likely N-dealkylation sites (tertiary alicyclic amines) is 1. The predicted molar refractivity (Wildman–Crippen MR) is 138 cm³/mol. The summed E-state index contributed by atoms with van der Waals surface area (Å²) < 4.78 is 0. The van der Waals surface area contributed by atoms with Gasteiger partial charge in [0.15, 0.2) is 0 Å². The van der Waals surface area contributed by atoms with E-state index in [2.05, 4.69) is 93.1 Å². The van der Waals surface area contributed by atoms with Crippen molar-refractivity contribution in [1.29, 1.82) is 0 Å². The molecule has 2 aliphatic heterocycles. The molecule has 0 unspecified atom stereocenters. The summed E-state index contributed by atoms with van der Waals surface area (Å²) in [6.45, 7) is 6.44. The van der Waals surface area contributed by atoms with Crippen molar-refractivity contribution in [3.05, 3.63) is 101 Å². The number of aromatic nitrogens is 1. The minimum absolute atomic E-state index is 0.234. The second-order valence-corrected chi connectivity index (χ2v) is 10.3. The highest BCUT2D eigenvalue weighted by Gasteiger charge is 2.44. The largest absolute Gasteiger partial charge is 0.340 e. The summed E-state index contributed by atoms with van der Waals surface area (Å²) >= 11 is 1.75. The molecule has 0 aliphatic carbocycles. The summed E-state index contributed by atoms with van der Waals surface area (Å²) in [5.74, 6) is 0. The number of anilines is 2. The molecule has 1 saturated heterocycles. The van der Waals surface area contributed by atoms with Crippen molar-refractivity contribution in [2.45, 2.75) is 31.7 Å². The van der Waals surface area contributed by atoms with Gasteiger partial charge in [0.2, 0.25) is 0 Å². The first-order valence-corrected chi connectivity index (χ1v) is 12.8. The molecule has 4 heterocycles. The molecule has 0 bridgehead atoms. The van der Waals surface area contributed by atoms with E-state index in [-0.39, 0.29) is 5.41 Å². The van der Waals surface area contributed by atoms with Gasteiger partial charge in [0, 0.05) is 36.1 Å². The van der Waals surface area contributed by atoms with Crippen LogP contribution >= 0.6 is 11.3 Å². The van der Waals surface area contributed by atoms with Crippen molar-refractivity contribution in [2.24, 2.45) is 0 Å². The van der Waals surface area contributed by atoms with Crippen LogP contribution in [-0.2, 0) is 12.0 Å². The Hall–Kier alpha value is -2.95. The Bertz CT molecular complexity index is 1240. The number of rotatable bonds is 4. The van der Waals surface area contributed by atoms with E-state index in [1.165, 1.54) is 52.2 Å². The first-order valence-electron chi connectivity index (χ1n) is 11.8. The predicted octanol–water partition coefficient (Wildman–Crippen LogP) is 6.80. The van der Waals surface area contributed by atoms with Crippen LogP contribution in [0.3, 0.4) is 0 Å². The highest BCUT2D eigenvalue weighted by Crippen LogP contribution is 2.49. The van der Waals surface area contributed by atoms with Gasteiger partial charge in [-0.05, 0) is 96.2 Å². The number of benzene rings is 2. The third-order valence-corrected chi connectivity index (χ3v) is 8.25. The summed E-state index contributed by atoms with van der Waals surface area (Å²) in [5.41, 5.74) is 9.55. The summed E-state index contributed by atoms with van der Waals surface area (Å²) in [6.07, 6.45) is 4.31. The Kier molecular flexibility index (Phi) is 5.28. The molecular weight excluding hydrogens is 422 g/mol. The zero-order valence-electron chi connectivity index (χ0n) is 19.1. The molecule has 166 valence electrons. The summed E-state index contributed by atoms with van der Waals surface area (Å²) in [5, 5.41) is 4.36. The van der Waals surface area contributed by atoms with Crippen molar-refractivity contribution in [1.82, 2.24) is 9.88 Å². The Balaban J connectivity index is 1.23. The second-order valence-electron chi connectivity index (χ2n) is 9.49. The highest BCUT2D eigenvalue weighted by molar-refractivity contribution is 7.08. The molecule has 33 heavy (non-hydrogen) atoms. The van der Waals surface area contributed by atoms with E-state index in [4.69, 9.17) is 0 Å². The molecule has 3 nitrogen and oxygen atoms in total. The SMILES string of the molecule is Cc1cccnc1CN1CCC2(CC1)CN(c1ccc(-c3ccsc3)cc1)c1ccccc12. The lowest BCUT2D eigenvalue weighted by Gasteiger charge is -2.40. The standard InChI is InChI=1S/C29H29N3S/c1-22-5-4-15-30-27(22)19-31-16-13-29(14-17-31)21-32(28-7-3-2-6-26(28)29)25-10-8-23(9-11-25)24-12-18-33-20-24/h2-12,15,18,20H,13-14,16-17,19,21H2,1H3. The molecule has 2 aliphatic rings. The molecule has 1 fully saturated rings. The molecule has 0 N–H and O–H groups in total. The lowest BCUT2D eigenvalue weighted by molar-refractivity contribution is 0.159. The maximum atomic E-state index is 4.63. The van der Waals surface area contributed by atoms with Gasteiger partial charge >= 0.3 is 0 Å². The first-order chi connectivity index (χ1) is 16.2.